The number of nitrogens with zero attached hydrogens (tertiary/aromatic N) is 5. The summed E-state index contributed by atoms with van der Waals surface area (Å²) in [5, 5.41) is 8.81. The Balaban J connectivity index is 1.52. The number of ether oxygens (including phenoxy) is 1. The van der Waals surface area contributed by atoms with Crippen LogP contribution in [-0.4, -0.2) is 52.1 Å². The topological polar surface area (TPSA) is 69.8 Å². The van der Waals surface area contributed by atoms with Crippen LogP contribution in [0.5, 0.6) is 0 Å². The Bertz CT molecular complexity index is 893. The molecule has 1 fully saturated rings. The van der Waals surface area contributed by atoms with E-state index in [-0.39, 0.29) is 0 Å². The smallest absolute Gasteiger partial charge is 0.145 e. The highest BCUT2D eigenvalue weighted by Gasteiger charge is 2.20. The third-order valence-electron chi connectivity index (χ3n) is 4.79. The average Bonchev–Trinajstić information content (AvgIpc) is 3.16. The first-order valence-electron chi connectivity index (χ1n) is 9.14. The number of hydrogen-bond acceptors (Lipinski definition) is 5. The van der Waals surface area contributed by atoms with Crippen molar-refractivity contribution in [2.45, 2.75) is 38.5 Å². The van der Waals surface area contributed by atoms with Crippen LogP contribution in [0.15, 0.2) is 31.0 Å². The van der Waals surface area contributed by atoms with Gasteiger partial charge in [0, 0.05) is 51.1 Å². The summed E-state index contributed by atoms with van der Waals surface area (Å²) in [6, 6.07) is 3.68. The summed E-state index contributed by atoms with van der Waals surface area (Å²) in [6.45, 7) is 10.4. The summed E-state index contributed by atoms with van der Waals surface area (Å²) in [6.07, 6.45) is 7.62. The van der Waals surface area contributed by atoms with E-state index in [0.717, 1.165) is 42.0 Å². The SMILES string of the molecule is C[Si](C)(C)CCOCn1ccc2c(-c3cnn(C4CNC4)c3)ncnc21. The quantitative estimate of drug-likeness (QED) is 0.511. The van der Waals surface area contributed by atoms with Crippen molar-refractivity contribution in [3.05, 3.63) is 31.0 Å². The highest BCUT2D eigenvalue weighted by molar-refractivity contribution is 6.76. The highest BCUT2D eigenvalue weighted by Crippen LogP contribution is 2.27. The van der Waals surface area contributed by atoms with Crippen molar-refractivity contribution in [2.24, 2.45) is 0 Å². The Morgan fingerprint density at radius 2 is 2.12 bits per heavy atom. The van der Waals surface area contributed by atoms with Crippen LogP contribution in [0.1, 0.15) is 6.04 Å². The van der Waals surface area contributed by atoms with E-state index in [1.807, 2.05) is 21.6 Å². The average molecular weight is 371 g/mol. The second-order valence-corrected chi connectivity index (χ2v) is 13.7. The summed E-state index contributed by atoms with van der Waals surface area (Å²) in [5.74, 6) is 0. The van der Waals surface area contributed by atoms with Gasteiger partial charge in [-0.05, 0) is 12.1 Å². The summed E-state index contributed by atoms with van der Waals surface area (Å²) in [5.41, 5.74) is 2.86. The van der Waals surface area contributed by atoms with Crippen molar-refractivity contribution in [1.29, 1.82) is 0 Å². The molecule has 4 rings (SSSR count). The summed E-state index contributed by atoms with van der Waals surface area (Å²) >= 11 is 0. The van der Waals surface area contributed by atoms with Crippen molar-refractivity contribution in [2.75, 3.05) is 19.7 Å². The molecular weight excluding hydrogens is 344 g/mol. The van der Waals surface area contributed by atoms with Gasteiger partial charge < -0.3 is 14.6 Å². The predicted molar refractivity (Wildman–Crippen MR) is 105 cm³/mol. The lowest BCUT2D eigenvalue weighted by atomic mass is 10.1. The van der Waals surface area contributed by atoms with Crippen LogP contribution in [0.25, 0.3) is 22.3 Å². The van der Waals surface area contributed by atoms with Crippen LogP contribution in [0.2, 0.25) is 25.7 Å². The first kappa shape index (κ1) is 17.4. The zero-order valence-corrected chi connectivity index (χ0v) is 16.6. The minimum atomic E-state index is -1.07. The van der Waals surface area contributed by atoms with Crippen LogP contribution in [0.4, 0.5) is 0 Å². The van der Waals surface area contributed by atoms with Crippen molar-refractivity contribution >= 4 is 19.1 Å². The standard InChI is InChI=1S/C18H26N6OSi/c1-26(2,3)7-6-25-13-23-5-4-16-17(20-12-21-18(16)23)14-8-22-24(11-14)15-9-19-10-15/h4-5,8,11-12,15,19H,6-7,9-10,13H2,1-3H3. The van der Waals surface area contributed by atoms with E-state index in [4.69, 9.17) is 4.74 Å². The highest BCUT2D eigenvalue weighted by atomic mass is 28.3. The molecule has 0 spiro atoms. The van der Waals surface area contributed by atoms with Gasteiger partial charge in [-0.3, -0.25) is 4.68 Å². The van der Waals surface area contributed by atoms with Gasteiger partial charge in [0.05, 0.1) is 17.9 Å². The second-order valence-electron chi connectivity index (χ2n) is 8.11. The van der Waals surface area contributed by atoms with Crippen molar-refractivity contribution < 1.29 is 4.74 Å². The first-order chi connectivity index (χ1) is 12.5. The molecule has 0 amide bonds. The molecule has 0 aliphatic carbocycles. The Kier molecular flexibility index (Phi) is 4.64. The molecule has 1 aliphatic rings. The fraction of sp³-hybridized carbons (Fsp3) is 0.500. The van der Waals surface area contributed by atoms with Crippen LogP contribution < -0.4 is 5.32 Å². The Labute approximate surface area is 154 Å². The number of rotatable bonds is 7. The van der Waals surface area contributed by atoms with E-state index in [1.165, 1.54) is 6.04 Å². The third kappa shape index (κ3) is 3.58. The Morgan fingerprint density at radius 1 is 1.27 bits per heavy atom. The minimum Gasteiger partial charge on any atom is -0.361 e. The Hall–Kier alpha value is -2.03. The molecule has 1 aliphatic heterocycles. The molecular formula is C18H26N6OSi. The maximum atomic E-state index is 5.88. The molecule has 0 aromatic carbocycles. The Morgan fingerprint density at radius 3 is 2.85 bits per heavy atom. The maximum absolute atomic E-state index is 5.88. The van der Waals surface area contributed by atoms with E-state index >= 15 is 0 Å². The molecule has 3 aromatic heterocycles. The van der Waals surface area contributed by atoms with E-state index in [2.05, 4.69) is 52.3 Å². The van der Waals surface area contributed by atoms with E-state index in [9.17, 15) is 0 Å². The van der Waals surface area contributed by atoms with E-state index < -0.39 is 8.07 Å². The lowest BCUT2D eigenvalue weighted by molar-refractivity contribution is 0.0899. The second kappa shape index (κ2) is 6.94. The molecule has 0 saturated carbocycles. The number of aromatic nitrogens is 5. The fourth-order valence-electron chi connectivity index (χ4n) is 3.00. The largest absolute Gasteiger partial charge is 0.361 e. The number of nitrogens with one attached hydrogen (secondary N) is 1. The van der Waals surface area contributed by atoms with E-state index in [0.29, 0.717) is 12.8 Å². The molecule has 7 nitrogen and oxygen atoms in total. The molecule has 0 unspecified atom stereocenters. The van der Waals surface area contributed by atoms with Gasteiger partial charge in [-0.2, -0.15) is 5.10 Å². The van der Waals surface area contributed by atoms with E-state index in [1.54, 1.807) is 6.33 Å². The van der Waals surface area contributed by atoms with Crippen molar-refractivity contribution in [3.63, 3.8) is 0 Å². The molecule has 0 radical (unpaired) electrons. The number of fused-ring (bicyclic) bond motifs is 1. The molecule has 1 saturated heterocycles. The summed E-state index contributed by atoms with van der Waals surface area (Å²) in [4.78, 5) is 8.97. The fourth-order valence-corrected chi connectivity index (χ4v) is 3.76. The van der Waals surface area contributed by atoms with Crippen LogP contribution >= 0.6 is 0 Å². The van der Waals surface area contributed by atoms with Crippen LogP contribution in [-0.2, 0) is 11.5 Å². The molecule has 0 atom stereocenters. The molecule has 138 valence electrons. The van der Waals surface area contributed by atoms with Crippen molar-refractivity contribution in [1.82, 2.24) is 29.6 Å². The van der Waals surface area contributed by atoms with Crippen molar-refractivity contribution in [3.8, 4) is 11.3 Å². The molecule has 0 bridgehead atoms. The van der Waals surface area contributed by atoms with Gasteiger partial charge in [-0.15, -0.1) is 0 Å². The van der Waals surface area contributed by atoms with Gasteiger partial charge in [-0.25, -0.2) is 9.97 Å². The third-order valence-corrected chi connectivity index (χ3v) is 6.50. The molecule has 1 N–H and O–H groups in total. The van der Waals surface area contributed by atoms with Crippen LogP contribution in [0.3, 0.4) is 0 Å². The monoisotopic (exact) mass is 370 g/mol. The zero-order valence-electron chi connectivity index (χ0n) is 15.6. The lowest BCUT2D eigenvalue weighted by Crippen LogP contribution is -2.43. The van der Waals surface area contributed by atoms with Gasteiger partial charge in [0.1, 0.15) is 18.7 Å². The summed E-state index contributed by atoms with van der Waals surface area (Å²) in [7, 11) is -1.07. The molecule has 8 heteroatoms. The number of hydrogen-bond donors (Lipinski definition) is 1. The molecule has 3 aromatic rings. The van der Waals surface area contributed by atoms with Gasteiger partial charge in [0.15, 0.2) is 0 Å². The van der Waals surface area contributed by atoms with Gasteiger partial charge in [0.25, 0.3) is 0 Å². The minimum absolute atomic E-state index is 0.449. The molecule has 26 heavy (non-hydrogen) atoms. The lowest BCUT2D eigenvalue weighted by Gasteiger charge is -2.27. The van der Waals surface area contributed by atoms with Gasteiger partial charge >= 0.3 is 0 Å². The zero-order chi connectivity index (χ0) is 18.1. The van der Waals surface area contributed by atoms with Gasteiger partial charge in [0.2, 0.25) is 0 Å². The van der Waals surface area contributed by atoms with Crippen LogP contribution in [0, 0.1) is 0 Å². The normalized spacial score (nSPS) is 15.5. The maximum Gasteiger partial charge on any atom is 0.145 e. The first-order valence-corrected chi connectivity index (χ1v) is 12.8. The van der Waals surface area contributed by atoms with Gasteiger partial charge in [-0.1, -0.05) is 19.6 Å². The predicted octanol–water partition coefficient (Wildman–Crippen LogP) is 2.75. The molecule has 4 heterocycles. The summed E-state index contributed by atoms with van der Waals surface area (Å²) < 4.78 is 9.95.